The van der Waals surface area contributed by atoms with E-state index < -0.39 is 13.4 Å². The molecule has 0 saturated carbocycles. The van der Waals surface area contributed by atoms with Crippen LogP contribution in [0.1, 0.15) is 26.2 Å². The summed E-state index contributed by atoms with van der Waals surface area (Å²) in [6, 6.07) is 0. The summed E-state index contributed by atoms with van der Waals surface area (Å²) in [5.74, 6) is 0.650. The minimum absolute atomic E-state index is 0. The maximum absolute atomic E-state index is 12.0. The van der Waals surface area contributed by atoms with Crippen molar-refractivity contribution < 1.29 is 64.3 Å². The Morgan fingerprint density at radius 3 is 2.07 bits per heavy atom. The van der Waals surface area contributed by atoms with Crippen LogP contribution in [-0.4, -0.2) is 31.4 Å². The summed E-state index contributed by atoms with van der Waals surface area (Å²) in [6.45, 7) is -1.27. The number of rotatable bonds is 3. The van der Waals surface area contributed by atoms with E-state index in [0.29, 0.717) is 19.0 Å². The molecule has 1 aliphatic rings. The summed E-state index contributed by atoms with van der Waals surface area (Å²) in [7, 11) is 0. The van der Waals surface area contributed by atoms with Gasteiger partial charge in [0.2, 0.25) is 0 Å². The molecular weight excluding hydrogens is 217 g/mol. The zero-order chi connectivity index (χ0) is 9.90. The molecule has 1 aliphatic heterocycles. The number of nitrogens with zero attached hydrogens (tertiary/aromatic N) is 1. The third-order valence-electron chi connectivity index (χ3n) is 2.75. The Hall–Kier alpha value is 1.45. The predicted octanol–water partition coefficient (Wildman–Crippen LogP) is -0.501. The van der Waals surface area contributed by atoms with Crippen LogP contribution in [-0.2, 0) is 0 Å². The Kier molecular flexibility index (Phi) is 7.63. The van der Waals surface area contributed by atoms with Crippen LogP contribution >= 0.6 is 0 Å². The molecule has 0 aromatic rings. The number of hydrogen-bond acceptors (Lipinski definition) is 1. The van der Waals surface area contributed by atoms with E-state index >= 15 is 0 Å². The average Bonchev–Trinajstić information content (AvgIpc) is 2.03. The van der Waals surface area contributed by atoms with E-state index in [1.54, 1.807) is 0 Å². The molecule has 0 N–H and O–H groups in total. The van der Waals surface area contributed by atoms with Gasteiger partial charge in [-0.05, 0) is 38.3 Å². The first kappa shape index (κ1) is 15.5. The molecule has 0 atom stereocenters. The number of hydrogen-bond donors (Lipinski definition) is 0. The molecule has 1 rings (SSSR count). The average molecular weight is 233 g/mol. The molecule has 0 aromatic heterocycles. The molecule has 14 heavy (non-hydrogen) atoms. The molecule has 0 aliphatic carbocycles. The molecule has 1 fully saturated rings. The fourth-order valence-corrected chi connectivity index (χ4v) is 1.87. The molecule has 0 radical (unpaired) electrons. The molecule has 0 spiro atoms. The summed E-state index contributed by atoms with van der Waals surface area (Å²) in [5, 5.41) is 0. The van der Waals surface area contributed by atoms with Gasteiger partial charge in [-0.15, -0.1) is 0 Å². The zero-order valence-corrected chi connectivity index (χ0v) is 12.1. The molecule has 1 nitrogen and oxygen atoms in total. The third kappa shape index (κ3) is 6.13. The number of likely N-dealkylation sites (tertiary alicyclic amines) is 1. The fraction of sp³-hybridized carbons (Fsp3) is 1.00. The zero-order valence-electron chi connectivity index (χ0n) is 8.98. The predicted molar refractivity (Wildman–Crippen MR) is 48.5 cm³/mol. The van der Waals surface area contributed by atoms with Crippen molar-refractivity contribution in [1.82, 2.24) is 4.90 Å². The van der Waals surface area contributed by atoms with E-state index in [1.165, 1.54) is 4.90 Å². The molecule has 0 amide bonds. The van der Waals surface area contributed by atoms with Crippen molar-refractivity contribution in [3.05, 3.63) is 0 Å². The maximum Gasteiger partial charge on any atom is 1.00 e. The Bertz CT molecular complexity index is 157. The molecular formula is C8H16BF3KN. The van der Waals surface area contributed by atoms with Crippen LogP contribution in [0.5, 0.6) is 0 Å². The van der Waals surface area contributed by atoms with Crippen LogP contribution in [0.15, 0.2) is 0 Å². The van der Waals surface area contributed by atoms with Gasteiger partial charge in [-0.2, -0.15) is 0 Å². The van der Waals surface area contributed by atoms with Gasteiger partial charge in [0.25, 0.3) is 0 Å². The minimum atomic E-state index is -4.62. The van der Waals surface area contributed by atoms with Gasteiger partial charge in [-0.25, -0.2) is 0 Å². The topological polar surface area (TPSA) is 3.24 Å². The van der Waals surface area contributed by atoms with E-state index in [-0.39, 0.29) is 51.4 Å². The van der Waals surface area contributed by atoms with Gasteiger partial charge in [0, 0.05) is 0 Å². The number of piperidine rings is 1. The van der Waals surface area contributed by atoms with Gasteiger partial charge in [0.15, 0.2) is 0 Å². The van der Waals surface area contributed by atoms with Crippen molar-refractivity contribution in [3.8, 4) is 0 Å². The Morgan fingerprint density at radius 1 is 1.21 bits per heavy atom. The molecule has 6 heteroatoms. The molecule has 0 unspecified atom stereocenters. The normalized spacial score (nSPS) is 20.6. The monoisotopic (exact) mass is 233 g/mol. The van der Waals surface area contributed by atoms with E-state index in [0.717, 1.165) is 19.3 Å². The van der Waals surface area contributed by atoms with Crippen molar-refractivity contribution >= 4 is 6.98 Å². The van der Waals surface area contributed by atoms with Crippen molar-refractivity contribution in [2.75, 3.05) is 19.5 Å². The molecule has 78 valence electrons. The molecule has 1 heterocycles. The van der Waals surface area contributed by atoms with E-state index in [2.05, 4.69) is 6.92 Å². The van der Waals surface area contributed by atoms with Crippen molar-refractivity contribution in [3.63, 3.8) is 0 Å². The fourth-order valence-electron chi connectivity index (χ4n) is 1.87. The Morgan fingerprint density at radius 2 is 1.71 bits per heavy atom. The van der Waals surface area contributed by atoms with E-state index in [4.69, 9.17) is 0 Å². The van der Waals surface area contributed by atoms with E-state index in [1.807, 2.05) is 0 Å². The summed E-state index contributed by atoms with van der Waals surface area (Å²) in [5.41, 5.74) is 0. The third-order valence-corrected chi connectivity index (χ3v) is 2.75. The Balaban J connectivity index is 0.00000169. The standard InChI is InChI=1S/C8H16BF3N.K/c1-2-8-3-5-13(6-4-8)7-9(10,11)12;/h8H,2-7H2,1H3;/q-1;+1. The second-order valence-electron chi connectivity index (χ2n) is 3.86. The van der Waals surface area contributed by atoms with Crippen LogP contribution in [0.4, 0.5) is 12.9 Å². The quantitative estimate of drug-likeness (QED) is 0.594. The van der Waals surface area contributed by atoms with Crippen molar-refractivity contribution in [2.45, 2.75) is 26.2 Å². The van der Waals surface area contributed by atoms with Gasteiger partial charge >= 0.3 is 58.4 Å². The first-order valence-electron chi connectivity index (χ1n) is 4.94. The van der Waals surface area contributed by atoms with Crippen molar-refractivity contribution in [2.24, 2.45) is 5.92 Å². The first-order valence-corrected chi connectivity index (χ1v) is 4.94. The second kappa shape index (κ2) is 6.91. The minimum Gasteiger partial charge on any atom is -0.448 e. The summed E-state index contributed by atoms with van der Waals surface area (Å²) in [6.07, 6.45) is 2.30. The second-order valence-corrected chi connectivity index (χ2v) is 3.86. The van der Waals surface area contributed by atoms with Gasteiger partial charge in [0.1, 0.15) is 0 Å². The molecule has 0 aromatic carbocycles. The van der Waals surface area contributed by atoms with Gasteiger partial charge in [-0.3, -0.25) is 0 Å². The van der Waals surface area contributed by atoms with Gasteiger partial charge < -0.3 is 17.8 Å². The Labute approximate surface area is 126 Å². The van der Waals surface area contributed by atoms with Crippen LogP contribution < -0.4 is 51.4 Å². The van der Waals surface area contributed by atoms with Crippen LogP contribution in [0, 0.1) is 5.92 Å². The van der Waals surface area contributed by atoms with E-state index in [9.17, 15) is 12.9 Å². The first-order chi connectivity index (χ1) is 6.01. The SMILES string of the molecule is CCC1CCN(C[B-](F)(F)F)CC1.[K+]. The number of halogens is 3. The largest absolute Gasteiger partial charge is 1.00 e. The summed E-state index contributed by atoms with van der Waals surface area (Å²) in [4.78, 5) is 1.53. The van der Waals surface area contributed by atoms with Crippen LogP contribution in [0.3, 0.4) is 0 Å². The summed E-state index contributed by atoms with van der Waals surface area (Å²) < 4.78 is 36.1. The molecule has 1 saturated heterocycles. The van der Waals surface area contributed by atoms with Crippen molar-refractivity contribution in [1.29, 1.82) is 0 Å². The van der Waals surface area contributed by atoms with Gasteiger partial charge in [-0.1, -0.05) is 13.3 Å². The van der Waals surface area contributed by atoms with Crippen LogP contribution in [0.25, 0.3) is 0 Å². The smallest absolute Gasteiger partial charge is 0.448 e. The van der Waals surface area contributed by atoms with Crippen LogP contribution in [0.2, 0.25) is 0 Å². The molecule has 0 bridgehead atoms. The summed E-state index contributed by atoms with van der Waals surface area (Å²) >= 11 is 0. The maximum atomic E-state index is 12.0. The van der Waals surface area contributed by atoms with Gasteiger partial charge in [0.05, 0.1) is 0 Å².